The number of carbonyl (C=O) groups is 1. The fourth-order valence-corrected chi connectivity index (χ4v) is 5.32. The van der Waals surface area contributed by atoms with Gasteiger partial charge in [-0.1, -0.05) is 23.7 Å². The number of benzene rings is 2. The van der Waals surface area contributed by atoms with Crippen molar-refractivity contribution in [3.05, 3.63) is 58.8 Å². The molecular weight excluding hydrogens is 428 g/mol. The Hall–Kier alpha value is -2.39. The Balaban J connectivity index is 1.53. The fraction of sp³-hybridized carbons (Fsp3) is 0.286. The van der Waals surface area contributed by atoms with Crippen LogP contribution >= 0.6 is 11.6 Å². The number of furan rings is 1. The first kappa shape index (κ1) is 20.9. The predicted molar refractivity (Wildman–Crippen MR) is 114 cm³/mol. The van der Waals surface area contributed by atoms with Crippen LogP contribution in [0.3, 0.4) is 0 Å². The monoisotopic (exact) mass is 448 g/mol. The maximum atomic E-state index is 12.9. The van der Waals surface area contributed by atoms with Gasteiger partial charge < -0.3 is 14.5 Å². The number of anilines is 1. The lowest BCUT2D eigenvalue weighted by Crippen LogP contribution is -2.40. The molecule has 30 heavy (non-hydrogen) atoms. The predicted octanol–water partition coefficient (Wildman–Crippen LogP) is 3.60. The number of nitrogens with zero attached hydrogens (tertiary/aromatic N) is 1. The van der Waals surface area contributed by atoms with Crippen molar-refractivity contribution >= 4 is 44.2 Å². The van der Waals surface area contributed by atoms with Crippen LogP contribution in [0.5, 0.6) is 0 Å². The molecule has 0 saturated carbocycles. The molecule has 2 heterocycles. The standard InChI is InChI=1S/C21H21ClN2O5S/c1-14-2-4-17-15(13-29-19(17)10-14)11-21(25)23-16-3-5-18(22)20(12-16)30(26,27)24-6-8-28-9-7-24/h2-5,10,12-13H,6-9,11H2,1H3,(H,23,25). The topological polar surface area (TPSA) is 88.9 Å². The maximum absolute atomic E-state index is 12.9. The maximum Gasteiger partial charge on any atom is 0.244 e. The molecule has 1 aliphatic rings. The number of hydrogen-bond acceptors (Lipinski definition) is 5. The second-order valence-electron chi connectivity index (χ2n) is 7.15. The van der Waals surface area contributed by atoms with Crippen LogP contribution in [-0.4, -0.2) is 44.9 Å². The molecule has 1 amide bonds. The van der Waals surface area contributed by atoms with E-state index in [4.69, 9.17) is 20.8 Å². The lowest BCUT2D eigenvalue weighted by molar-refractivity contribution is -0.115. The average Bonchev–Trinajstić information content (AvgIpc) is 3.11. The van der Waals surface area contributed by atoms with E-state index in [1.54, 1.807) is 12.3 Å². The van der Waals surface area contributed by atoms with Crippen LogP contribution in [0.2, 0.25) is 5.02 Å². The highest BCUT2D eigenvalue weighted by Crippen LogP contribution is 2.29. The van der Waals surface area contributed by atoms with E-state index < -0.39 is 10.0 Å². The Labute approximate surface area is 179 Å². The minimum atomic E-state index is -3.78. The number of aryl methyl sites for hydroxylation is 1. The summed E-state index contributed by atoms with van der Waals surface area (Å²) >= 11 is 6.17. The SMILES string of the molecule is Cc1ccc2c(CC(=O)Nc3ccc(Cl)c(S(=O)(=O)N4CCOCC4)c3)coc2c1. The van der Waals surface area contributed by atoms with Gasteiger partial charge in [-0.05, 0) is 36.8 Å². The second kappa shape index (κ2) is 8.39. The zero-order valence-electron chi connectivity index (χ0n) is 16.4. The molecular formula is C21H21ClN2O5S. The lowest BCUT2D eigenvalue weighted by Gasteiger charge is -2.26. The summed E-state index contributed by atoms with van der Waals surface area (Å²) in [4.78, 5) is 12.5. The summed E-state index contributed by atoms with van der Waals surface area (Å²) < 4.78 is 38.0. The highest BCUT2D eigenvalue weighted by Gasteiger charge is 2.28. The summed E-state index contributed by atoms with van der Waals surface area (Å²) in [5.41, 5.74) is 2.92. The molecule has 0 radical (unpaired) electrons. The van der Waals surface area contributed by atoms with Crippen LogP contribution in [0, 0.1) is 6.92 Å². The number of fused-ring (bicyclic) bond motifs is 1. The largest absolute Gasteiger partial charge is 0.464 e. The minimum Gasteiger partial charge on any atom is -0.464 e. The van der Waals surface area contributed by atoms with E-state index in [9.17, 15) is 13.2 Å². The molecule has 3 aromatic rings. The average molecular weight is 449 g/mol. The number of ether oxygens (including phenoxy) is 1. The summed E-state index contributed by atoms with van der Waals surface area (Å²) in [5.74, 6) is -0.282. The number of rotatable bonds is 5. The molecule has 0 bridgehead atoms. The summed E-state index contributed by atoms with van der Waals surface area (Å²) in [6, 6.07) is 10.2. The molecule has 1 saturated heterocycles. The molecule has 0 unspecified atom stereocenters. The minimum absolute atomic E-state index is 0.0342. The molecule has 1 aromatic heterocycles. The second-order valence-corrected chi connectivity index (χ2v) is 9.46. The first-order valence-corrected chi connectivity index (χ1v) is 11.3. The lowest BCUT2D eigenvalue weighted by atomic mass is 10.1. The molecule has 0 atom stereocenters. The normalized spacial score (nSPS) is 15.4. The number of carbonyl (C=O) groups excluding carboxylic acids is 1. The molecule has 1 aliphatic heterocycles. The molecule has 1 fully saturated rings. The Kier molecular flexibility index (Phi) is 5.84. The first-order chi connectivity index (χ1) is 14.3. The van der Waals surface area contributed by atoms with Gasteiger partial charge in [0, 0.05) is 29.7 Å². The number of nitrogens with one attached hydrogen (secondary N) is 1. The number of halogens is 1. The first-order valence-electron chi connectivity index (χ1n) is 9.48. The molecule has 2 aromatic carbocycles. The Bertz CT molecular complexity index is 1200. The van der Waals surface area contributed by atoms with Crippen molar-refractivity contribution in [3.8, 4) is 0 Å². The summed E-state index contributed by atoms with van der Waals surface area (Å²) in [5, 5.41) is 3.74. The molecule has 0 aliphatic carbocycles. The van der Waals surface area contributed by atoms with E-state index >= 15 is 0 Å². The van der Waals surface area contributed by atoms with Gasteiger partial charge in [0.05, 0.1) is 30.9 Å². The van der Waals surface area contributed by atoms with Gasteiger partial charge >= 0.3 is 0 Å². The third-order valence-electron chi connectivity index (χ3n) is 4.97. The van der Waals surface area contributed by atoms with Crippen molar-refractivity contribution in [3.63, 3.8) is 0 Å². The van der Waals surface area contributed by atoms with E-state index in [2.05, 4.69) is 5.32 Å². The van der Waals surface area contributed by atoms with Gasteiger partial charge in [-0.3, -0.25) is 4.79 Å². The van der Waals surface area contributed by atoms with Gasteiger partial charge in [-0.25, -0.2) is 8.42 Å². The van der Waals surface area contributed by atoms with E-state index in [1.165, 1.54) is 16.4 Å². The highest BCUT2D eigenvalue weighted by atomic mass is 35.5. The van der Waals surface area contributed by atoms with Gasteiger partial charge in [-0.15, -0.1) is 0 Å². The zero-order chi connectivity index (χ0) is 21.3. The smallest absolute Gasteiger partial charge is 0.244 e. The van der Waals surface area contributed by atoms with Gasteiger partial charge in [0.25, 0.3) is 0 Å². The molecule has 9 heteroatoms. The Morgan fingerprint density at radius 3 is 2.70 bits per heavy atom. The number of sulfonamides is 1. The van der Waals surface area contributed by atoms with E-state index in [-0.39, 0.29) is 35.3 Å². The third-order valence-corrected chi connectivity index (χ3v) is 7.35. The molecule has 158 valence electrons. The van der Waals surface area contributed by atoms with Gasteiger partial charge in [0.1, 0.15) is 10.5 Å². The molecule has 0 spiro atoms. The quantitative estimate of drug-likeness (QED) is 0.644. The van der Waals surface area contributed by atoms with Crippen molar-refractivity contribution < 1.29 is 22.4 Å². The van der Waals surface area contributed by atoms with Crippen LogP contribution in [0.25, 0.3) is 11.0 Å². The van der Waals surface area contributed by atoms with Crippen molar-refractivity contribution in [2.75, 3.05) is 31.6 Å². The van der Waals surface area contributed by atoms with Crippen LogP contribution < -0.4 is 5.32 Å². The zero-order valence-corrected chi connectivity index (χ0v) is 17.9. The van der Waals surface area contributed by atoms with E-state index in [0.29, 0.717) is 18.9 Å². The van der Waals surface area contributed by atoms with Crippen molar-refractivity contribution in [2.24, 2.45) is 0 Å². The van der Waals surface area contributed by atoms with Gasteiger partial charge in [0.2, 0.25) is 15.9 Å². The van der Waals surface area contributed by atoms with Crippen LogP contribution in [0.4, 0.5) is 5.69 Å². The Morgan fingerprint density at radius 1 is 1.17 bits per heavy atom. The highest BCUT2D eigenvalue weighted by molar-refractivity contribution is 7.89. The summed E-state index contributed by atoms with van der Waals surface area (Å²) in [6.45, 7) is 3.18. The van der Waals surface area contributed by atoms with Crippen LogP contribution in [-0.2, 0) is 26.0 Å². The fourth-order valence-electron chi connectivity index (χ4n) is 3.41. The van der Waals surface area contributed by atoms with E-state index in [1.807, 2.05) is 25.1 Å². The summed E-state index contributed by atoms with van der Waals surface area (Å²) in [6.07, 6.45) is 1.67. The molecule has 1 N–H and O–H groups in total. The molecule has 4 rings (SSSR count). The van der Waals surface area contributed by atoms with Gasteiger partial charge in [0.15, 0.2) is 0 Å². The van der Waals surface area contributed by atoms with Crippen LogP contribution in [0.1, 0.15) is 11.1 Å². The number of morpholine rings is 1. The van der Waals surface area contributed by atoms with E-state index in [0.717, 1.165) is 22.1 Å². The van der Waals surface area contributed by atoms with Gasteiger partial charge in [-0.2, -0.15) is 4.31 Å². The van der Waals surface area contributed by atoms with Crippen molar-refractivity contribution in [1.82, 2.24) is 4.31 Å². The third kappa shape index (κ3) is 4.22. The summed E-state index contributed by atoms with van der Waals surface area (Å²) in [7, 11) is -3.78. The molecule has 7 nitrogen and oxygen atoms in total. The van der Waals surface area contributed by atoms with Crippen LogP contribution in [0.15, 0.2) is 52.0 Å². The van der Waals surface area contributed by atoms with Crippen molar-refractivity contribution in [2.45, 2.75) is 18.2 Å². The Morgan fingerprint density at radius 2 is 1.93 bits per heavy atom. The van der Waals surface area contributed by atoms with Crippen molar-refractivity contribution in [1.29, 1.82) is 0 Å². The number of amides is 1. The number of hydrogen-bond donors (Lipinski definition) is 1.